The van der Waals surface area contributed by atoms with Gasteiger partial charge in [0.25, 0.3) is 0 Å². The second kappa shape index (κ2) is 4.56. The van der Waals surface area contributed by atoms with Gasteiger partial charge in [-0.15, -0.1) is 0 Å². The van der Waals surface area contributed by atoms with Crippen molar-refractivity contribution in [3.8, 4) is 0 Å². The number of nitrogens with zero attached hydrogens (tertiary/aromatic N) is 1. The summed E-state index contributed by atoms with van der Waals surface area (Å²) in [5.74, 6) is -2.76. The van der Waals surface area contributed by atoms with E-state index in [1.807, 2.05) is 0 Å². The van der Waals surface area contributed by atoms with Crippen LogP contribution in [0.4, 0.5) is 9.18 Å². The number of urea groups is 1. The lowest BCUT2D eigenvalue weighted by atomic mass is 9.88. The fourth-order valence-electron chi connectivity index (χ4n) is 2.03. The van der Waals surface area contributed by atoms with Crippen molar-refractivity contribution in [2.24, 2.45) is 10.9 Å². The lowest BCUT2D eigenvalue weighted by molar-refractivity contribution is -0.140. The van der Waals surface area contributed by atoms with Crippen molar-refractivity contribution in [1.82, 2.24) is 5.32 Å². The van der Waals surface area contributed by atoms with Crippen LogP contribution in [0.15, 0.2) is 29.3 Å². The molecule has 0 aromatic heterocycles. The van der Waals surface area contributed by atoms with Crippen molar-refractivity contribution in [2.45, 2.75) is 13.0 Å². The first-order valence-corrected chi connectivity index (χ1v) is 5.33. The van der Waals surface area contributed by atoms with Crippen LogP contribution in [-0.4, -0.2) is 22.8 Å². The number of rotatable bonds is 2. The lowest BCUT2D eigenvalue weighted by Crippen LogP contribution is -2.43. The molecule has 1 aromatic rings. The molecule has 0 saturated carbocycles. The molecule has 6 heteroatoms. The maximum atomic E-state index is 13.7. The molecule has 0 spiro atoms. The summed E-state index contributed by atoms with van der Waals surface area (Å²) in [6.45, 7) is 1.45. The van der Waals surface area contributed by atoms with Gasteiger partial charge in [-0.25, -0.2) is 14.2 Å². The van der Waals surface area contributed by atoms with Gasteiger partial charge >= 0.3 is 12.0 Å². The van der Waals surface area contributed by atoms with E-state index in [0.717, 1.165) is 0 Å². The Morgan fingerprint density at radius 2 is 2.11 bits per heavy atom. The SMILES string of the molecule is CC1=NC(=O)NC(c2ccccc2F)C1C(=O)O. The summed E-state index contributed by atoms with van der Waals surface area (Å²) in [6, 6.07) is 4.17. The third kappa shape index (κ3) is 2.09. The highest BCUT2D eigenvalue weighted by Crippen LogP contribution is 2.28. The number of halogens is 1. The molecule has 94 valence electrons. The Balaban J connectivity index is 2.48. The van der Waals surface area contributed by atoms with Crippen LogP contribution in [0.3, 0.4) is 0 Å². The highest BCUT2D eigenvalue weighted by Gasteiger charge is 2.37. The van der Waals surface area contributed by atoms with Crippen molar-refractivity contribution in [2.75, 3.05) is 0 Å². The number of carboxylic acid groups (broad SMARTS) is 1. The van der Waals surface area contributed by atoms with Gasteiger partial charge in [-0.3, -0.25) is 4.79 Å². The molecule has 0 fully saturated rings. The molecule has 2 N–H and O–H groups in total. The number of aliphatic imine (C=N–C) groups is 1. The number of carbonyl (C=O) groups is 2. The number of carboxylic acids is 1. The molecule has 0 aliphatic carbocycles. The van der Waals surface area contributed by atoms with E-state index in [1.54, 1.807) is 6.07 Å². The average Bonchev–Trinajstić information content (AvgIpc) is 2.27. The van der Waals surface area contributed by atoms with Gasteiger partial charge < -0.3 is 10.4 Å². The third-order valence-electron chi connectivity index (χ3n) is 2.85. The summed E-state index contributed by atoms with van der Waals surface area (Å²) >= 11 is 0. The van der Waals surface area contributed by atoms with Gasteiger partial charge in [-0.1, -0.05) is 18.2 Å². The number of amides is 2. The maximum absolute atomic E-state index is 13.7. The van der Waals surface area contributed by atoms with Crippen LogP contribution in [0.1, 0.15) is 18.5 Å². The summed E-state index contributed by atoms with van der Waals surface area (Å²) in [7, 11) is 0. The van der Waals surface area contributed by atoms with Crippen molar-refractivity contribution in [3.05, 3.63) is 35.6 Å². The second-order valence-corrected chi connectivity index (χ2v) is 4.02. The van der Waals surface area contributed by atoms with Crippen LogP contribution in [0, 0.1) is 11.7 Å². The van der Waals surface area contributed by atoms with Gasteiger partial charge in [0.05, 0.1) is 6.04 Å². The molecule has 0 bridgehead atoms. The normalized spacial score (nSPS) is 23.2. The van der Waals surface area contributed by atoms with Crippen molar-refractivity contribution in [1.29, 1.82) is 0 Å². The van der Waals surface area contributed by atoms with Crippen LogP contribution in [0.25, 0.3) is 0 Å². The third-order valence-corrected chi connectivity index (χ3v) is 2.85. The molecule has 1 aromatic carbocycles. The molecular formula is C12H11FN2O3. The van der Waals surface area contributed by atoms with Crippen LogP contribution >= 0.6 is 0 Å². The number of benzene rings is 1. The van der Waals surface area contributed by atoms with Crippen molar-refractivity contribution in [3.63, 3.8) is 0 Å². The van der Waals surface area contributed by atoms with E-state index < -0.39 is 29.8 Å². The molecule has 2 amide bonds. The van der Waals surface area contributed by atoms with Gasteiger partial charge in [0.2, 0.25) is 0 Å². The molecule has 18 heavy (non-hydrogen) atoms. The Kier molecular flexibility index (Phi) is 3.10. The predicted octanol–water partition coefficient (Wildman–Crippen LogP) is 1.75. The zero-order chi connectivity index (χ0) is 13.3. The van der Waals surface area contributed by atoms with Crippen molar-refractivity contribution < 1.29 is 19.1 Å². The smallest absolute Gasteiger partial charge is 0.341 e. The van der Waals surface area contributed by atoms with Crippen molar-refractivity contribution >= 4 is 17.7 Å². The molecule has 2 atom stereocenters. The van der Waals surface area contributed by atoms with E-state index in [0.29, 0.717) is 0 Å². The average molecular weight is 250 g/mol. The highest BCUT2D eigenvalue weighted by molar-refractivity contribution is 6.07. The molecular weight excluding hydrogens is 239 g/mol. The van der Waals surface area contributed by atoms with E-state index >= 15 is 0 Å². The van der Waals surface area contributed by atoms with E-state index in [4.69, 9.17) is 5.11 Å². The van der Waals surface area contributed by atoms with Gasteiger partial charge in [0, 0.05) is 11.3 Å². The van der Waals surface area contributed by atoms with Gasteiger partial charge in [-0.05, 0) is 13.0 Å². The molecule has 2 unspecified atom stereocenters. The van der Waals surface area contributed by atoms with E-state index in [-0.39, 0.29) is 11.3 Å². The number of hydrogen-bond acceptors (Lipinski definition) is 2. The molecule has 5 nitrogen and oxygen atoms in total. The topological polar surface area (TPSA) is 78.8 Å². The monoisotopic (exact) mass is 250 g/mol. The number of nitrogens with one attached hydrogen (secondary N) is 1. The molecule has 1 heterocycles. The number of hydrogen-bond donors (Lipinski definition) is 2. The van der Waals surface area contributed by atoms with E-state index in [9.17, 15) is 14.0 Å². The largest absolute Gasteiger partial charge is 0.481 e. The summed E-state index contributed by atoms with van der Waals surface area (Å²) in [5, 5.41) is 11.6. The molecule has 1 aliphatic rings. The van der Waals surface area contributed by atoms with Crippen LogP contribution in [0.5, 0.6) is 0 Å². The summed E-state index contributed by atoms with van der Waals surface area (Å²) in [4.78, 5) is 26.1. The molecule has 1 aliphatic heterocycles. The quantitative estimate of drug-likeness (QED) is 0.839. The minimum Gasteiger partial charge on any atom is -0.481 e. The van der Waals surface area contributed by atoms with Gasteiger partial charge in [0.1, 0.15) is 11.7 Å². The first kappa shape index (κ1) is 12.2. The maximum Gasteiger partial charge on any atom is 0.341 e. The fourth-order valence-corrected chi connectivity index (χ4v) is 2.03. The van der Waals surface area contributed by atoms with Crippen LogP contribution in [-0.2, 0) is 4.79 Å². The number of aliphatic carboxylic acids is 1. The van der Waals surface area contributed by atoms with Gasteiger partial charge in [0.15, 0.2) is 0 Å². The lowest BCUT2D eigenvalue weighted by Gasteiger charge is -2.28. The summed E-state index contributed by atoms with van der Waals surface area (Å²) in [5.41, 5.74) is 0.312. The molecule has 0 radical (unpaired) electrons. The predicted molar refractivity (Wildman–Crippen MR) is 61.9 cm³/mol. The van der Waals surface area contributed by atoms with Crippen LogP contribution in [0.2, 0.25) is 0 Å². The molecule has 2 rings (SSSR count). The Bertz CT molecular complexity index is 542. The zero-order valence-corrected chi connectivity index (χ0v) is 9.55. The Labute approximate surface area is 102 Å². The minimum atomic E-state index is -1.15. The summed E-state index contributed by atoms with van der Waals surface area (Å²) in [6.07, 6.45) is 0. The second-order valence-electron chi connectivity index (χ2n) is 4.02. The van der Waals surface area contributed by atoms with Gasteiger partial charge in [-0.2, -0.15) is 0 Å². The first-order valence-electron chi connectivity index (χ1n) is 5.33. The Morgan fingerprint density at radius 3 is 2.72 bits per heavy atom. The first-order chi connectivity index (χ1) is 8.50. The number of carbonyl (C=O) groups excluding carboxylic acids is 1. The summed E-state index contributed by atoms with van der Waals surface area (Å²) < 4.78 is 13.7. The van der Waals surface area contributed by atoms with E-state index in [2.05, 4.69) is 10.3 Å². The minimum absolute atomic E-state index is 0.146. The van der Waals surface area contributed by atoms with E-state index in [1.165, 1.54) is 25.1 Å². The highest BCUT2D eigenvalue weighted by atomic mass is 19.1. The van der Waals surface area contributed by atoms with Crippen LogP contribution < -0.4 is 5.32 Å². The molecule has 0 saturated heterocycles. The fraction of sp³-hybridized carbons (Fsp3) is 0.250. The zero-order valence-electron chi connectivity index (χ0n) is 9.55. The Morgan fingerprint density at radius 1 is 1.44 bits per heavy atom. The standard InChI is InChI=1S/C12H11FN2O3/c1-6-9(11(16)17)10(15-12(18)14-6)7-4-2-3-5-8(7)13/h2-5,9-10H,1H3,(H,15,18)(H,16,17). The Hall–Kier alpha value is -2.24.